The van der Waals surface area contributed by atoms with E-state index >= 15 is 0 Å². The summed E-state index contributed by atoms with van der Waals surface area (Å²) < 4.78 is 5.83. The standard InChI is InChI=1S/C34H45N9O3/c1-3-27-4-5-29-25-43(8-6-28(29)20-27)32(45)30-23-37-34(38-24-30)41-11-9-39(10-12-41)17-19-46-18-7-31(44)40-13-15-42(16-14-40)33-35-21-26(2)22-36-33/h4-5,20-24H,3,6-19,25H2,1-2H3. The molecule has 0 radical (unpaired) electrons. The van der Waals surface area contributed by atoms with Crippen molar-refractivity contribution in [3.05, 3.63) is 70.8 Å². The van der Waals surface area contributed by atoms with Crippen molar-refractivity contribution in [1.29, 1.82) is 0 Å². The van der Waals surface area contributed by atoms with Crippen LogP contribution < -0.4 is 9.80 Å². The van der Waals surface area contributed by atoms with Gasteiger partial charge in [0.2, 0.25) is 17.8 Å². The summed E-state index contributed by atoms with van der Waals surface area (Å²) in [5, 5.41) is 0. The fourth-order valence-corrected chi connectivity index (χ4v) is 6.27. The van der Waals surface area contributed by atoms with Crippen molar-refractivity contribution in [2.75, 3.05) is 88.5 Å². The average Bonchev–Trinajstić information content (AvgIpc) is 3.11. The summed E-state index contributed by atoms with van der Waals surface area (Å²) in [5.41, 5.74) is 5.50. The number of nitrogens with zero attached hydrogens (tertiary/aromatic N) is 9. The van der Waals surface area contributed by atoms with Gasteiger partial charge in [0.25, 0.3) is 5.91 Å². The molecule has 0 atom stereocenters. The van der Waals surface area contributed by atoms with Gasteiger partial charge in [-0.2, -0.15) is 0 Å². The van der Waals surface area contributed by atoms with Crippen molar-refractivity contribution in [3.8, 4) is 0 Å². The lowest BCUT2D eigenvalue weighted by Crippen LogP contribution is -2.49. The molecule has 1 aromatic carbocycles. The summed E-state index contributed by atoms with van der Waals surface area (Å²) >= 11 is 0. The van der Waals surface area contributed by atoms with Crippen LogP contribution in [0.25, 0.3) is 0 Å². The Morgan fingerprint density at radius 2 is 1.41 bits per heavy atom. The van der Waals surface area contributed by atoms with Gasteiger partial charge in [-0.15, -0.1) is 0 Å². The number of fused-ring (bicyclic) bond motifs is 1. The largest absolute Gasteiger partial charge is 0.380 e. The Bertz CT molecular complexity index is 1470. The Morgan fingerprint density at radius 1 is 0.761 bits per heavy atom. The van der Waals surface area contributed by atoms with E-state index in [1.165, 1.54) is 16.7 Å². The molecule has 0 aliphatic carbocycles. The van der Waals surface area contributed by atoms with Crippen LogP contribution in [0.1, 0.15) is 46.0 Å². The molecule has 244 valence electrons. The van der Waals surface area contributed by atoms with Crippen molar-refractivity contribution in [2.24, 2.45) is 0 Å². The first-order valence-electron chi connectivity index (χ1n) is 16.5. The van der Waals surface area contributed by atoms with E-state index in [0.29, 0.717) is 57.3 Å². The number of carbonyl (C=O) groups excluding carboxylic acids is 2. The first kappa shape index (κ1) is 31.8. The van der Waals surface area contributed by atoms with Gasteiger partial charge in [-0.25, -0.2) is 19.9 Å². The molecule has 2 saturated heterocycles. The van der Waals surface area contributed by atoms with Crippen LogP contribution in [0, 0.1) is 6.92 Å². The fourth-order valence-electron chi connectivity index (χ4n) is 6.27. The molecular weight excluding hydrogens is 582 g/mol. The monoisotopic (exact) mass is 627 g/mol. The normalized spacial score (nSPS) is 17.3. The quantitative estimate of drug-likeness (QED) is 0.310. The Hall–Kier alpha value is -4.16. The highest BCUT2D eigenvalue weighted by atomic mass is 16.5. The van der Waals surface area contributed by atoms with Crippen molar-refractivity contribution < 1.29 is 14.3 Å². The van der Waals surface area contributed by atoms with E-state index < -0.39 is 0 Å². The van der Waals surface area contributed by atoms with E-state index in [1.807, 2.05) is 29.1 Å². The van der Waals surface area contributed by atoms with Crippen LogP contribution in [0.5, 0.6) is 0 Å². The van der Waals surface area contributed by atoms with Crippen molar-refractivity contribution >= 4 is 23.7 Å². The number of carbonyl (C=O) groups is 2. The molecule has 2 fully saturated rings. The Kier molecular flexibility index (Phi) is 10.3. The second-order valence-corrected chi connectivity index (χ2v) is 12.3. The predicted octanol–water partition coefficient (Wildman–Crippen LogP) is 2.21. The number of aromatic nitrogens is 4. The molecule has 0 spiro atoms. The number of rotatable bonds is 10. The Balaban J connectivity index is 0.858. The van der Waals surface area contributed by atoms with E-state index in [0.717, 1.165) is 70.2 Å². The maximum atomic E-state index is 13.2. The number of aryl methyl sites for hydroxylation is 2. The zero-order valence-electron chi connectivity index (χ0n) is 27.1. The number of benzene rings is 1. The molecular formula is C34H45N9O3. The lowest BCUT2D eigenvalue weighted by Gasteiger charge is -2.35. The number of anilines is 2. The maximum absolute atomic E-state index is 13.2. The summed E-state index contributed by atoms with van der Waals surface area (Å²) in [6.07, 6.45) is 9.29. The highest BCUT2D eigenvalue weighted by Crippen LogP contribution is 2.22. The molecule has 2 amide bonds. The van der Waals surface area contributed by atoms with Gasteiger partial charge in [-0.1, -0.05) is 25.1 Å². The minimum Gasteiger partial charge on any atom is -0.380 e. The van der Waals surface area contributed by atoms with Gasteiger partial charge in [-0.3, -0.25) is 14.5 Å². The predicted molar refractivity (Wildman–Crippen MR) is 176 cm³/mol. The molecule has 2 aromatic heterocycles. The Labute approximate surface area is 271 Å². The van der Waals surface area contributed by atoms with Crippen LogP contribution in [0.4, 0.5) is 11.9 Å². The van der Waals surface area contributed by atoms with Crippen molar-refractivity contribution in [2.45, 2.75) is 39.7 Å². The molecule has 3 aliphatic rings. The summed E-state index contributed by atoms with van der Waals surface area (Å²) in [5.74, 6) is 1.51. The first-order valence-corrected chi connectivity index (χ1v) is 16.5. The number of piperazine rings is 2. The molecule has 0 saturated carbocycles. The van der Waals surface area contributed by atoms with Gasteiger partial charge in [-0.05, 0) is 42.0 Å². The van der Waals surface area contributed by atoms with E-state index in [9.17, 15) is 9.59 Å². The van der Waals surface area contributed by atoms with E-state index in [1.54, 1.807) is 12.4 Å². The summed E-state index contributed by atoms with van der Waals surface area (Å²) in [7, 11) is 0. The lowest BCUT2D eigenvalue weighted by molar-refractivity contribution is -0.132. The minimum atomic E-state index is -0.0147. The topological polar surface area (TPSA) is 111 Å². The third kappa shape index (κ3) is 7.79. The van der Waals surface area contributed by atoms with Gasteiger partial charge >= 0.3 is 0 Å². The molecule has 3 aromatic rings. The van der Waals surface area contributed by atoms with E-state index in [-0.39, 0.29) is 11.8 Å². The van der Waals surface area contributed by atoms with Crippen LogP contribution in [0.3, 0.4) is 0 Å². The third-order valence-electron chi connectivity index (χ3n) is 9.21. The number of hydrogen-bond acceptors (Lipinski definition) is 10. The van der Waals surface area contributed by atoms with Crippen LogP contribution in [-0.4, -0.2) is 125 Å². The van der Waals surface area contributed by atoms with Crippen molar-refractivity contribution in [1.82, 2.24) is 34.6 Å². The van der Waals surface area contributed by atoms with Gasteiger partial charge in [0, 0.05) is 96.8 Å². The smallest absolute Gasteiger partial charge is 0.257 e. The highest BCUT2D eigenvalue weighted by molar-refractivity contribution is 5.93. The lowest BCUT2D eigenvalue weighted by atomic mass is 9.96. The van der Waals surface area contributed by atoms with Crippen LogP contribution >= 0.6 is 0 Å². The molecule has 0 bridgehead atoms. The zero-order chi connectivity index (χ0) is 31.9. The molecule has 12 nitrogen and oxygen atoms in total. The van der Waals surface area contributed by atoms with Gasteiger partial charge < -0.3 is 24.3 Å². The van der Waals surface area contributed by atoms with E-state index in [4.69, 9.17) is 4.74 Å². The summed E-state index contributed by atoms with van der Waals surface area (Å²) in [4.78, 5) is 54.2. The number of amides is 2. The molecule has 12 heteroatoms. The number of ether oxygens (including phenoxy) is 1. The SMILES string of the molecule is CCc1ccc2c(c1)CCN(C(=O)c1cnc(N3CCN(CCOCCC(=O)N4CCN(c5ncc(C)cn5)CC4)CC3)nc1)C2. The van der Waals surface area contributed by atoms with Gasteiger partial charge in [0.1, 0.15) is 0 Å². The zero-order valence-corrected chi connectivity index (χ0v) is 27.1. The van der Waals surface area contributed by atoms with E-state index in [2.05, 4.69) is 59.8 Å². The second kappa shape index (κ2) is 15.0. The number of hydrogen-bond donors (Lipinski definition) is 0. The molecule has 0 unspecified atom stereocenters. The molecule has 46 heavy (non-hydrogen) atoms. The molecule has 3 aliphatic heterocycles. The molecule has 5 heterocycles. The van der Waals surface area contributed by atoms with Crippen molar-refractivity contribution in [3.63, 3.8) is 0 Å². The summed E-state index contributed by atoms with van der Waals surface area (Å²) in [6, 6.07) is 6.60. The van der Waals surface area contributed by atoms with Crippen LogP contribution in [0.2, 0.25) is 0 Å². The van der Waals surface area contributed by atoms with Crippen LogP contribution in [-0.2, 0) is 28.9 Å². The van der Waals surface area contributed by atoms with Crippen LogP contribution in [0.15, 0.2) is 43.0 Å². The van der Waals surface area contributed by atoms with Gasteiger partial charge in [0.05, 0.1) is 25.2 Å². The van der Waals surface area contributed by atoms with Gasteiger partial charge in [0.15, 0.2) is 0 Å². The first-order chi connectivity index (χ1) is 22.5. The molecule has 0 N–H and O–H groups in total. The maximum Gasteiger partial charge on any atom is 0.257 e. The Morgan fingerprint density at radius 3 is 2.09 bits per heavy atom. The summed E-state index contributed by atoms with van der Waals surface area (Å²) in [6.45, 7) is 13.6. The highest BCUT2D eigenvalue weighted by Gasteiger charge is 2.25. The average molecular weight is 628 g/mol. The fraction of sp³-hybridized carbons (Fsp3) is 0.529. The molecule has 6 rings (SSSR count). The minimum absolute atomic E-state index is 0.0147. The third-order valence-corrected chi connectivity index (χ3v) is 9.21. The second-order valence-electron chi connectivity index (χ2n) is 12.3.